The van der Waals surface area contributed by atoms with Gasteiger partial charge in [0.05, 0.1) is 0 Å². The molecule has 0 saturated carbocycles. The Labute approximate surface area is 95.2 Å². The first-order valence-corrected chi connectivity index (χ1v) is 5.09. The summed E-state index contributed by atoms with van der Waals surface area (Å²) >= 11 is 5.61. The van der Waals surface area contributed by atoms with Gasteiger partial charge < -0.3 is 9.64 Å². The third kappa shape index (κ3) is 3.64. The molecule has 1 heterocycles. The predicted molar refractivity (Wildman–Crippen MR) is 60.3 cm³/mol. The minimum Gasteiger partial charge on any atom is -0.475 e. The summed E-state index contributed by atoms with van der Waals surface area (Å²) in [6, 6.07) is 3.37. The molecule has 0 saturated heterocycles. The molecule has 5 heteroatoms. The van der Waals surface area contributed by atoms with Gasteiger partial charge in [0.1, 0.15) is 6.61 Å². The van der Waals surface area contributed by atoms with Crippen molar-refractivity contribution in [2.45, 2.75) is 19.4 Å². The lowest BCUT2D eigenvalue weighted by atomic mass is 10.1. The fourth-order valence-electron chi connectivity index (χ4n) is 0.760. The van der Waals surface area contributed by atoms with Gasteiger partial charge in [0, 0.05) is 11.6 Å². The van der Waals surface area contributed by atoms with E-state index in [0.29, 0.717) is 17.6 Å². The van der Waals surface area contributed by atoms with E-state index in [9.17, 15) is 0 Å². The van der Waals surface area contributed by atoms with Crippen LogP contribution in [0.1, 0.15) is 13.8 Å². The molecule has 0 aliphatic rings. The smallest absolute Gasteiger partial charge is 0.233 e. The highest BCUT2D eigenvalue weighted by atomic mass is 35.5. The van der Waals surface area contributed by atoms with Crippen molar-refractivity contribution in [2.75, 3.05) is 20.7 Å². The molecular formula is C10H16ClN3O. The van der Waals surface area contributed by atoms with Crippen LogP contribution in [0.5, 0.6) is 5.88 Å². The monoisotopic (exact) mass is 229 g/mol. The second kappa shape index (κ2) is 4.77. The first kappa shape index (κ1) is 12.2. The molecule has 0 bridgehead atoms. The van der Waals surface area contributed by atoms with Crippen molar-refractivity contribution in [2.24, 2.45) is 0 Å². The van der Waals surface area contributed by atoms with E-state index in [0.717, 1.165) is 0 Å². The minimum absolute atomic E-state index is 0.0404. The average molecular weight is 230 g/mol. The number of aromatic nitrogens is 2. The van der Waals surface area contributed by atoms with Gasteiger partial charge in [-0.25, -0.2) is 0 Å². The SMILES string of the molecule is CN(C)C(C)(C)COc1ccc(Cl)nn1. The number of halogens is 1. The molecular weight excluding hydrogens is 214 g/mol. The summed E-state index contributed by atoms with van der Waals surface area (Å²) < 4.78 is 5.51. The van der Waals surface area contributed by atoms with E-state index < -0.39 is 0 Å². The summed E-state index contributed by atoms with van der Waals surface area (Å²) in [5.74, 6) is 0.495. The molecule has 0 unspecified atom stereocenters. The van der Waals surface area contributed by atoms with Gasteiger partial charge in [-0.15, -0.1) is 10.2 Å². The lowest BCUT2D eigenvalue weighted by Crippen LogP contribution is -2.43. The van der Waals surface area contributed by atoms with Crippen LogP contribution in [0, 0.1) is 0 Å². The largest absolute Gasteiger partial charge is 0.475 e. The number of hydrogen-bond donors (Lipinski definition) is 0. The third-order valence-electron chi connectivity index (χ3n) is 2.39. The maximum Gasteiger partial charge on any atom is 0.233 e. The number of rotatable bonds is 4. The molecule has 0 spiro atoms. The Morgan fingerprint density at radius 1 is 1.33 bits per heavy atom. The van der Waals surface area contributed by atoms with Crippen LogP contribution in [0.4, 0.5) is 0 Å². The van der Waals surface area contributed by atoms with Gasteiger partial charge in [0.2, 0.25) is 5.88 Å². The summed E-state index contributed by atoms with van der Waals surface area (Å²) in [5.41, 5.74) is -0.0404. The molecule has 0 aliphatic carbocycles. The van der Waals surface area contributed by atoms with Crippen molar-refractivity contribution < 1.29 is 4.74 Å². The van der Waals surface area contributed by atoms with Gasteiger partial charge in [-0.3, -0.25) is 0 Å². The van der Waals surface area contributed by atoms with Crippen molar-refractivity contribution in [3.8, 4) is 5.88 Å². The summed E-state index contributed by atoms with van der Waals surface area (Å²) in [6.07, 6.45) is 0. The quantitative estimate of drug-likeness (QED) is 0.790. The maximum atomic E-state index is 5.61. The van der Waals surface area contributed by atoms with Gasteiger partial charge in [-0.1, -0.05) is 11.6 Å². The summed E-state index contributed by atoms with van der Waals surface area (Å²) in [4.78, 5) is 2.09. The Morgan fingerprint density at radius 2 is 2.00 bits per heavy atom. The second-order valence-electron chi connectivity index (χ2n) is 4.19. The van der Waals surface area contributed by atoms with Crippen LogP contribution >= 0.6 is 11.6 Å². The molecule has 4 nitrogen and oxygen atoms in total. The van der Waals surface area contributed by atoms with E-state index in [1.807, 2.05) is 14.1 Å². The summed E-state index contributed by atoms with van der Waals surface area (Å²) in [7, 11) is 4.02. The number of hydrogen-bond acceptors (Lipinski definition) is 4. The second-order valence-corrected chi connectivity index (χ2v) is 4.58. The normalized spacial score (nSPS) is 11.9. The fraction of sp³-hybridized carbons (Fsp3) is 0.600. The zero-order valence-corrected chi connectivity index (χ0v) is 10.2. The first-order valence-electron chi connectivity index (χ1n) is 4.71. The predicted octanol–water partition coefficient (Wildman–Crippen LogP) is 1.85. The van der Waals surface area contributed by atoms with Crippen LogP contribution < -0.4 is 4.74 Å². The zero-order chi connectivity index (χ0) is 11.5. The number of nitrogens with zero attached hydrogens (tertiary/aromatic N) is 3. The van der Waals surface area contributed by atoms with E-state index in [1.54, 1.807) is 12.1 Å². The maximum absolute atomic E-state index is 5.61. The Bertz CT molecular complexity index is 311. The lowest BCUT2D eigenvalue weighted by Gasteiger charge is -2.31. The van der Waals surface area contributed by atoms with E-state index in [4.69, 9.17) is 16.3 Å². The van der Waals surface area contributed by atoms with Gasteiger partial charge in [-0.2, -0.15) is 0 Å². The van der Waals surface area contributed by atoms with Gasteiger partial charge in [0.25, 0.3) is 0 Å². The molecule has 0 N–H and O–H groups in total. The van der Waals surface area contributed by atoms with Crippen molar-refractivity contribution in [3.05, 3.63) is 17.3 Å². The van der Waals surface area contributed by atoms with Gasteiger partial charge in [-0.05, 0) is 34.0 Å². The van der Waals surface area contributed by atoms with Crippen molar-refractivity contribution >= 4 is 11.6 Å². The van der Waals surface area contributed by atoms with E-state index in [-0.39, 0.29) is 5.54 Å². The lowest BCUT2D eigenvalue weighted by molar-refractivity contribution is 0.110. The highest BCUT2D eigenvalue weighted by molar-refractivity contribution is 6.29. The fourth-order valence-corrected chi connectivity index (χ4v) is 0.861. The molecule has 1 aromatic rings. The molecule has 0 amide bonds. The van der Waals surface area contributed by atoms with Crippen LogP contribution in [0.25, 0.3) is 0 Å². The average Bonchev–Trinajstić information content (AvgIpc) is 2.17. The van der Waals surface area contributed by atoms with Crippen molar-refractivity contribution in [1.82, 2.24) is 15.1 Å². The molecule has 0 aliphatic heterocycles. The van der Waals surface area contributed by atoms with Crippen LogP contribution in [0.2, 0.25) is 5.15 Å². The summed E-state index contributed by atoms with van der Waals surface area (Å²) in [6.45, 7) is 4.74. The molecule has 0 fully saturated rings. The zero-order valence-electron chi connectivity index (χ0n) is 9.49. The standard InChI is InChI=1S/C10H16ClN3O/c1-10(2,14(3)4)7-15-9-6-5-8(11)12-13-9/h5-6H,7H2,1-4H3. The van der Waals surface area contributed by atoms with Crippen LogP contribution in [0.3, 0.4) is 0 Å². The Kier molecular flexibility index (Phi) is 3.88. The molecule has 1 aromatic heterocycles. The van der Waals surface area contributed by atoms with Crippen LogP contribution in [-0.2, 0) is 0 Å². The third-order valence-corrected chi connectivity index (χ3v) is 2.59. The van der Waals surface area contributed by atoms with E-state index in [1.165, 1.54) is 0 Å². The Balaban J connectivity index is 2.54. The van der Waals surface area contributed by atoms with Crippen molar-refractivity contribution in [1.29, 1.82) is 0 Å². The summed E-state index contributed by atoms with van der Waals surface area (Å²) in [5, 5.41) is 7.89. The van der Waals surface area contributed by atoms with E-state index >= 15 is 0 Å². The minimum atomic E-state index is -0.0404. The van der Waals surface area contributed by atoms with Crippen LogP contribution in [-0.4, -0.2) is 41.3 Å². The highest BCUT2D eigenvalue weighted by Crippen LogP contribution is 2.14. The molecule has 84 valence electrons. The van der Waals surface area contributed by atoms with Gasteiger partial charge >= 0.3 is 0 Å². The molecule has 0 atom stereocenters. The number of likely N-dealkylation sites (N-methyl/N-ethyl adjacent to an activating group) is 1. The Hall–Kier alpha value is -0.870. The van der Waals surface area contributed by atoms with Crippen molar-refractivity contribution in [3.63, 3.8) is 0 Å². The first-order chi connectivity index (χ1) is 6.92. The van der Waals surface area contributed by atoms with Crippen LogP contribution in [0.15, 0.2) is 12.1 Å². The van der Waals surface area contributed by atoms with E-state index in [2.05, 4.69) is 28.9 Å². The molecule has 15 heavy (non-hydrogen) atoms. The highest BCUT2D eigenvalue weighted by Gasteiger charge is 2.21. The molecule has 0 radical (unpaired) electrons. The topological polar surface area (TPSA) is 38.2 Å². The Morgan fingerprint density at radius 3 is 2.47 bits per heavy atom. The van der Waals surface area contributed by atoms with Gasteiger partial charge in [0.15, 0.2) is 5.15 Å². The number of ether oxygens (including phenoxy) is 1. The molecule has 1 rings (SSSR count). The molecule has 0 aromatic carbocycles.